The van der Waals surface area contributed by atoms with E-state index in [0.29, 0.717) is 0 Å². The molecule has 3 rings (SSSR count). The first-order valence-corrected chi connectivity index (χ1v) is 8.19. The lowest BCUT2D eigenvalue weighted by Gasteiger charge is -1.90. The topological polar surface area (TPSA) is 50.2 Å². The molecular weight excluding hydrogens is 298 g/mol. The fourth-order valence-corrected chi connectivity index (χ4v) is 4.31. The number of thiophene rings is 1. The molecule has 2 heterocycles. The molecule has 0 aliphatic rings. The van der Waals surface area contributed by atoms with Crippen molar-refractivity contribution in [1.29, 1.82) is 0 Å². The van der Waals surface area contributed by atoms with E-state index in [1.807, 2.05) is 17.5 Å². The van der Waals surface area contributed by atoms with Crippen LogP contribution >= 0.6 is 34.4 Å². The summed E-state index contributed by atoms with van der Waals surface area (Å²) >= 11 is 4.46. The number of thioether (sulfide) groups is 1. The molecule has 0 aliphatic heterocycles. The van der Waals surface area contributed by atoms with Gasteiger partial charge in [0.25, 0.3) is 0 Å². The van der Waals surface area contributed by atoms with Gasteiger partial charge in [0, 0.05) is 10.1 Å². The zero-order valence-electron chi connectivity index (χ0n) is 9.70. The molecule has 0 fully saturated rings. The molecule has 96 valence electrons. The summed E-state index contributed by atoms with van der Waals surface area (Å²) in [7, 11) is 0. The molecule has 3 aromatic rings. The van der Waals surface area contributed by atoms with Crippen LogP contribution in [0.4, 0.5) is 0 Å². The zero-order valence-corrected chi connectivity index (χ0v) is 12.1. The summed E-state index contributed by atoms with van der Waals surface area (Å²) in [5.41, 5.74) is 0.930. The molecule has 3 nitrogen and oxygen atoms in total. The standard InChI is InChI=1S/C13H9NO2S3/c15-12(16)7-18-13-14-9(6-17-13)11-5-8-3-1-2-4-10(8)19-11/h1-6H,7H2,(H,15,16). The van der Waals surface area contributed by atoms with E-state index in [4.69, 9.17) is 5.11 Å². The van der Waals surface area contributed by atoms with Gasteiger partial charge in [-0.2, -0.15) is 0 Å². The Morgan fingerprint density at radius 1 is 1.37 bits per heavy atom. The number of thiazole rings is 1. The van der Waals surface area contributed by atoms with E-state index < -0.39 is 5.97 Å². The fourth-order valence-electron chi connectivity index (χ4n) is 1.67. The Labute approximate surface area is 121 Å². The maximum Gasteiger partial charge on any atom is 0.313 e. The Balaban J connectivity index is 1.87. The molecule has 0 saturated heterocycles. The second-order valence-corrected chi connectivity index (χ2v) is 6.99. The summed E-state index contributed by atoms with van der Waals surface area (Å²) in [6.45, 7) is 0. The lowest BCUT2D eigenvalue weighted by atomic mass is 10.2. The molecule has 0 aliphatic carbocycles. The van der Waals surface area contributed by atoms with Crippen LogP contribution in [0.1, 0.15) is 0 Å². The molecule has 0 saturated carbocycles. The number of carboxylic acid groups (broad SMARTS) is 1. The average molecular weight is 307 g/mol. The molecule has 0 amide bonds. The van der Waals surface area contributed by atoms with Crippen molar-refractivity contribution in [3.8, 4) is 10.6 Å². The molecule has 6 heteroatoms. The molecule has 0 unspecified atom stereocenters. The second-order valence-electron chi connectivity index (χ2n) is 3.83. The third kappa shape index (κ3) is 2.80. The number of hydrogen-bond donors (Lipinski definition) is 1. The van der Waals surface area contributed by atoms with E-state index in [2.05, 4.69) is 23.2 Å². The number of rotatable bonds is 4. The van der Waals surface area contributed by atoms with Crippen LogP contribution < -0.4 is 0 Å². The largest absolute Gasteiger partial charge is 0.481 e. The number of carboxylic acids is 1. The lowest BCUT2D eigenvalue weighted by Crippen LogP contribution is -1.96. The van der Waals surface area contributed by atoms with Gasteiger partial charge in [-0.25, -0.2) is 4.98 Å². The third-order valence-corrected chi connectivity index (χ3v) is 5.62. The SMILES string of the molecule is O=C(O)CSc1nc(-c2cc3ccccc3s2)cs1. The van der Waals surface area contributed by atoms with Gasteiger partial charge in [0.1, 0.15) is 0 Å². The van der Waals surface area contributed by atoms with Crippen LogP contribution in [0.2, 0.25) is 0 Å². The predicted molar refractivity (Wildman–Crippen MR) is 81.3 cm³/mol. The van der Waals surface area contributed by atoms with Crippen LogP contribution in [0.5, 0.6) is 0 Å². The Hall–Kier alpha value is -1.37. The van der Waals surface area contributed by atoms with Gasteiger partial charge in [-0.3, -0.25) is 4.79 Å². The van der Waals surface area contributed by atoms with Gasteiger partial charge in [-0.15, -0.1) is 22.7 Å². The second kappa shape index (κ2) is 5.32. The Bertz CT molecular complexity index is 699. The van der Waals surface area contributed by atoms with Crippen LogP contribution in [0, 0.1) is 0 Å². The molecule has 0 atom stereocenters. The van der Waals surface area contributed by atoms with E-state index in [1.54, 1.807) is 11.3 Å². The van der Waals surface area contributed by atoms with Crippen molar-refractivity contribution in [2.75, 3.05) is 5.75 Å². The summed E-state index contributed by atoms with van der Waals surface area (Å²) in [6, 6.07) is 10.4. The van der Waals surface area contributed by atoms with E-state index in [0.717, 1.165) is 14.9 Å². The minimum absolute atomic E-state index is 0.0549. The number of fused-ring (bicyclic) bond motifs is 1. The summed E-state index contributed by atoms with van der Waals surface area (Å²) < 4.78 is 2.04. The Morgan fingerprint density at radius 2 is 2.21 bits per heavy atom. The molecule has 2 aromatic heterocycles. The number of aliphatic carboxylic acids is 1. The number of carbonyl (C=O) groups is 1. The number of nitrogens with zero attached hydrogens (tertiary/aromatic N) is 1. The molecule has 0 radical (unpaired) electrons. The summed E-state index contributed by atoms with van der Waals surface area (Å²) in [5, 5.41) is 11.9. The van der Waals surface area contributed by atoms with Gasteiger partial charge in [0.05, 0.1) is 16.3 Å². The van der Waals surface area contributed by atoms with Crippen molar-refractivity contribution in [3.05, 3.63) is 35.7 Å². The zero-order chi connectivity index (χ0) is 13.2. The maximum absolute atomic E-state index is 10.5. The summed E-state index contributed by atoms with van der Waals surface area (Å²) in [5.74, 6) is -0.761. The molecule has 1 aromatic carbocycles. The number of benzene rings is 1. The highest BCUT2D eigenvalue weighted by atomic mass is 32.2. The molecular formula is C13H9NO2S3. The highest BCUT2D eigenvalue weighted by Crippen LogP contribution is 2.35. The normalized spacial score (nSPS) is 10.9. The van der Waals surface area contributed by atoms with E-state index in [9.17, 15) is 4.79 Å². The van der Waals surface area contributed by atoms with Gasteiger partial charge in [0.15, 0.2) is 4.34 Å². The Morgan fingerprint density at radius 3 is 3.00 bits per heavy atom. The van der Waals surface area contributed by atoms with Gasteiger partial charge in [-0.05, 0) is 17.5 Å². The van der Waals surface area contributed by atoms with Crippen molar-refractivity contribution < 1.29 is 9.90 Å². The highest BCUT2D eigenvalue weighted by Gasteiger charge is 2.09. The summed E-state index contributed by atoms with van der Waals surface area (Å²) in [4.78, 5) is 16.1. The highest BCUT2D eigenvalue weighted by molar-refractivity contribution is 8.01. The van der Waals surface area contributed by atoms with Crippen molar-refractivity contribution >= 4 is 50.5 Å². The van der Waals surface area contributed by atoms with E-state index in [-0.39, 0.29) is 5.75 Å². The minimum Gasteiger partial charge on any atom is -0.481 e. The monoisotopic (exact) mass is 307 g/mol. The number of aromatic nitrogens is 1. The fraction of sp³-hybridized carbons (Fsp3) is 0.0769. The van der Waals surface area contributed by atoms with E-state index in [1.165, 1.54) is 33.2 Å². The molecule has 0 bridgehead atoms. The lowest BCUT2D eigenvalue weighted by molar-refractivity contribution is -0.133. The van der Waals surface area contributed by atoms with Crippen LogP contribution in [-0.4, -0.2) is 21.8 Å². The molecule has 19 heavy (non-hydrogen) atoms. The first-order valence-electron chi connectivity index (χ1n) is 5.51. The van der Waals surface area contributed by atoms with Crippen LogP contribution in [-0.2, 0) is 4.79 Å². The first-order chi connectivity index (χ1) is 9.22. The Kier molecular flexibility index (Phi) is 3.54. The smallest absolute Gasteiger partial charge is 0.313 e. The molecule has 1 N–H and O–H groups in total. The minimum atomic E-state index is -0.816. The van der Waals surface area contributed by atoms with Gasteiger partial charge in [-0.1, -0.05) is 30.0 Å². The average Bonchev–Trinajstić information content (AvgIpc) is 3.02. The first kappa shape index (κ1) is 12.7. The van der Waals surface area contributed by atoms with Gasteiger partial charge < -0.3 is 5.11 Å². The third-order valence-electron chi connectivity index (χ3n) is 2.48. The van der Waals surface area contributed by atoms with Crippen LogP contribution in [0.3, 0.4) is 0 Å². The molecule has 0 spiro atoms. The van der Waals surface area contributed by atoms with Crippen molar-refractivity contribution in [2.45, 2.75) is 4.34 Å². The van der Waals surface area contributed by atoms with Gasteiger partial charge in [0.2, 0.25) is 0 Å². The summed E-state index contributed by atoms with van der Waals surface area (Å²) in [6.07, 6.45) is 0. The van der Waals surface area contributed by atoms with Gasteiger partial charge >= 0.3 is 5.97 Å². The predicted octanol–water partition coefficient (Wildman–Crippen LogP) is 4.20. The maximum atomic E-state index is 10.5. The van der Waals surface area contributed by atoms with Crippen LogP contribution in [0.25, 0.3) is 20.7 Å². The van der Waals surface area contributed by atoms with E-state index >= 15 is 0 Å². The van der Waals surface area contributed by atoms with Crippen molar-refractivity contribution in [2.24, 2.45) is 0 Å². The van der Waals surface area contributed by atoms with Crippen molar-refractivity contribution in [1.82, 2.24) is 4.98 Å². The van der Waals surface area contributed by atoms with Crippen LogP contribution in [0.15, 0.2) is 40.1 Å². The number of hydrogen-bond acceptors (Lipinski definition) is 5. The van der Waals surface area contributed by atoms with Crippen molar-refractivity contribution in [3.63, 3.8) is 0 Å². The quantitative estimate of drug-likeness (QED) is 0.734.